The van der Waals surface area contributed by atoms with E-state index >= 15 is 0 Å². The molecule has 0 spiro atoms. The number of rotatable bonds is 8. The molecular weight excluding hydrogens is 378 g/mol. The summed E-state index contributed by atoms with van der Waals surface area (Å²) >= 11 is 0. The van der Waals surface area contributed by atoms with Crippen LogP contribution in [0.3, 0.4) is 0 Å². The summed E-state index contributed by atoms with van der Waals surface area (Å²) in [6.45, 7) is 3.17. The number of ether oxygens (including phenoxy) is 2. The quantitative estimate of drug-likeness (QED) is 0.465. The van der Waals surface area contributed by atoms with Gasteiger partial charge in [-0.15, -0.1) is 0 Å². The molecule has 0 aliphatic rings. The van der Waals surface area contributed by atoms with Gasteiger partial charge in [0.1, 0.15) is 5.75 Å². The Balaban J connectivity index is 0.00000243. The Morgan fingerprint density at radius 2 is 2.00 bits per heavy atom. The molecule has 3 rings (SSSR count). The predicted molar refractivity (Wildman–Crippen MR) is 103 cm³/mol. The largest absolute Gasteiger partial charge is 2.00 e. The van der Waals surface area contributed by atoms with Gasteiger partial charge in [-0.05, 0) is 25.1 Å². The average Bonchev–Trinajstić information content (AvgIpc) is 3.06. The van der Waals surface area contributed by atoms with Gasteiger partial charge in [0.15, 0.2) is 5.16 Å². The van der Waals surface area contributed by atoms with Crippen molar-refractivity contribution in [2.75, 3.05) is 20.3 Å². The normalized spacial score (nSPS) is 11.9. The van der Waals surface area contributed by atoms with Crippen molar-refractivity contribution >= 4 is 59.6 Å². The minimum absolute atomic E-state index is 0. The van der Waals surface area contributed by atoms with E-state index in [2.05, 4.69) is 15.0 Å². The number of imidazole rings is 1. The molecule has 1 unspecified atom stereocenters. The van der Waals surface area contributed by atoms with Crippen LogP contribution in [0.5, 0.6) is 5.75 Å². The molecule has 6 nitrogen and oxygen atoms in total. The Bertz CT molecular complexity index is 852. The number of fused-ring (bicyclic) bond motifs is 1. The number of nitrogens with zero attached hydrogens (tertiary/aromatic N) is 2. The molecule has 1 aromatic carbocycles. The van der Waals surface area contributed by atoms with Crippen LogP contribution in [0.25, 0.3) is 11.0 Å². The molecule has 0 saturated heterocycles. The van der Waals surface area contributed by atoms with Gasteiger partial charge in [-0.1, -0.05) is 12.1 Å². The third-order valence-corrected chi connectivity index (χ3v) is 5.02. The van der Waals surface area contributed by atoms with Gasteiger partial charge in [-0.25, -0.2) is 4.98 Å². The molecule has 0 bridgehead atoms. The van der Waals surface area contributed by atoms with E-state index in [1.165, 1.54) is 0 Å². The van der Waals surface area contributed by atoms with E-state index < -0.39 is 10.8 Å². The molecule has 1 N–H and O–H groups in total. The summed E-state index contributed by atoms with van der Waals surface area (Å²) in [6, 6.07) is 9.47. The first kappa shape index (κ1) is 21.3. The van der Waals surface area contributed by atoms with Crippen molar-refractivity contribution in [3.63, 3.8) is 0 Å². The molecular formula is C18H21CaN3O3S+2. The molecule has 0 fully saturated rings. The molecule has 3 aromatic rings. The van der Waals surface area contributed by atoms with Crippen molar-refractivity contribution < 1.29 is 13.7 Å². The summed E-state index contributed by atoms with van der Waals surface area (Å²) in [7, 11) is 0.371. The van der Waals surface area contributed by atoms with Crippen molar-refractivity contribution in [2.24, 2.45) is 0 Å². The number of aromatic amines is 1. The maximum atomic E-state index is 12.7. The van der Waals surface area contributed by atoms with E-state index in [-0.39, 0.29) is 37.7 Å². The smallest absolute Gasteiger partial charge is 0.493 e. The third-order valence-electron chi connectivity index (χ3n) is 3.86. The molecule has 26 heavy (non-hydrogen) atoms. The molecule has 0 aliphatic heterocycles. The monoisotopic (exact) mass is 399 g/mol. The van der Waals surface area contributed by atoms with E-state index in [9.17, 15) is 4.21 Å². The zero-order chi connectivity index (χ0) is 17.6. The van der Waals surface area contributed by atoms with Crippen molar-refractivity contribution in [3.8, 4) is 5.75 Å². The van der Waals surface area contributed by atoms with Gasteiger partial charge < -0.3 is 14.5 Å². The topological polar surface area (TPSA) is 77.1 Å². The van der Waals surface area contributed by atoms with Crippen LogP contribution in [0.1, 0.15) is 17.7 Å². The molecule has 0 aliphatic carbocycles. The van der Waals surface area contributed by atoms with E-state index in [1.54, 1.807) is 13.3 Å². The zero-order valence-electron chi connectivity index (χ0n) is 15.0. The van der Waals surface area contributed by atoms with E-state index in [0.29, 0.717) is 24.1 Å². The second-order valence-electron chi connectivity index (χ2n) is 5.62. The number of benzene rings is 1. The number of para-hydroxylation sites is 2. The van der Waals surface area contributed by atoms with Gasteiger partial charge in [0.2, 0.25) is 0 Å². The molecule has 132 valence electrons. The van der Waals surface area contributed by atoms with Crippen LogP contribution in [-0.4, -0.2) is 77.2 Å². The summed E-state index contributed by atoms with van der Waals surface area (Å²) in [5, 5.41) is 0.466. The van der Waals surface area contributed by atoms with Crippen LogP contribution in [-0.2, 0) is 21.3 Å². The second kappa shape index (κ2) is 10.4. The van der Waals surface area contributed by atoms with Crippen molar-refractivity contribution in [1.29, 1.82) is 0 Å². The number of nitrogens with one attached hydrogen (secondary N) is 1. The van der Waals surface area contributed by atoms with Gasteiger partial charge in [0, 0.05) is 31.9 Å². The Labute approximate surface area is 185 Å². The van der Waals surface area contributed by atoms with E-state index in [1.807, 2.05) is 37.3 Å². The van der Waals surface area contributed by atoms with E-state index in [0.717, 1.165) is 34.5 Å². The maximum Gasteiger partial charge on any atom is 2.00 e. The van der Waals surface area contributed by atoms with Crippen molar-refractivity contribution in [3.05, 3.63) is 47.8 Å². The number of H-pyrrole nitrogens is 1. The van der Waals surface area contributed by atoms with Crippen LogP contribution in [0.4, 0.5) is 0 Å². The number of hydrogen-bond acceptors (Lipinski definition) is 5. The van der Waals surface area contributed by atoms with Crippen molar-refractivity contribution in [2.45, 2.75) is 24.3 Å². The standard InChI is InChI=1S/C18H21N3O3S.Ca/c1-13-16(19-9-8-17(13)24-11-5-10-23-2)12-25(22)18-20-14-6-3-4-7-15(14)21-18;/h3-4,6-9H,5,10-12H2,1-2H3,(H,20,21);/q;+2. The number of aromatic nitrogens is 3. The van der Waals surface area contributed by atoms with Gasteiger partial charge >= 0.3 is 37.7 Å². The van der Waals surface area contributed by atoms with Gasteiger partial charge in [-0.3, -0.25) is 9.19 Å². The van der Waals surface area contributed by atoms with E-state index in [4.69, 9.17) is 9.47 Å². The fraction of sp³-hybridized carbons (Fsp3) is 0.333. The molecule has 0 saturated carbocycles. The van der Waals surface area contributed by atoms with Crippen LogP contribution < -0.4 is 4.74 Å². The molecule has 0 radical (unpaired) electrons. The Morgan fingerprint density at radius 3 is 2.77 bits per heavy atom. The minimum atomic E-state index is -1.30. The number of hydrogen-bond donors (Lipinski definition) is 1. The second-order valence-corrected chi connectivity index (χ2v) is 6.99. The third kappa shape index (κ3) is 5.27. The van der Waals surface area contributed by atoms with Crippen LogP contribution in [0.15, 0.2) is 41.7 Å². The summed E-state index contributed by atoms with van der Waals surface area (Å²) in [5.74, 6) is 1.06. The first-order chi connectivity index (χ1) is 12.2. The van der Waals surface area contributed by atoms with Gasteiger partial charge in [0.05, 0.1) is 39.9 Å². The molecule has 2 aromatic heterocycles. The molecule has 1 atom stereocenters. The first-order valence-electron chi connectivity index (χ1n) is 8.08. The molecule has 0 amide bonds. The summed E-state index contributed by atoms with van der Waals surface area (Å²) < 4.78 is 23.5. The van der Waals surface area contributed by atoms with Gasteiger partial charge in [0.25, 0.3) is 0 Å². The first-order valence-corrected chi connectivity index (χ1v) is 9.40. The Morgan fingerprint density at radius 1 is 1.19 bits per heavy atom. The number of pyridine rings is 1. The van der Waals surface area contributed by atoms with Crippen LogP contribution in [0, 0.1) is 6.92 Å². The predicted octanol–water partition coefficient (Wildman–Crippen LogP) is 2.61. The summed E-state index contributed by atoms with van der Waals surface area (Å²) in [6.07, 6.45) is 2.50. The minimum Gasteiger partial charge on any atom is -0.493 e. The molecule has 8 heteroatoms. The van der Waals surface area contributed by atoms with Crippen LogP contribution in [0.2, 0.25) is 0 Å². The Hall–Kier alpha value is -0.990. The summed E-state index contributed by atoms with van der Waals surface area (Å²) in [5.41, 5.74) is 3.35. The van der Waals surface area contributed by atoms with Crippen molar-refractivity contribution in [1.82, 2.24) is 15.0 Å². The van der Waals surface area contributed by atoms with Crippen LogP contribution >= 0.6 is 0 Å². The fourth-order valence-corrected chi connectivity index (χ4v) is 3.58. The summed E-state index contributed by atoms with van der Waals surface area (Å²) in [4.78, 5) is 11.9. The number of methoxy groups -OCH3 is 1. The SMILES string of the molecule is COCCCOc1ccnc(CS(=O)c2nc3ccccc3[nH]2)c1C.[Ca+2]. The zero-order valence-corrected chi connectivity index (χ0v) is 18.1. The average molecular weight is 400 g/mol. The van der Waals surface area contributed by atoms with Gasteiger partial charge in [-0.2, -0.15) is 0 Å². The Kier molecular flexibility index (Phi) is 8.50. The molecule has 2 heterocycles. The fourth-order valence-electron chi connectivity index (χ4n) is 2.48. The maximum absolute atomic E-state index is 12.7.